The van der Waals surface area contributed by atoms with E-state index in [4.69, 9.17) is 0 Å². The molecule has 2 nitrogen and oxygen atoms in total. The van der Waals surface area contributed by atoms with Crippen molar-refractivity contribution in [1.82, 2.24) is 0 Å². The first kappa shape index (κ1) is 12.5. The van der Waals surface area contributed by atoms with Crippen molar-refractivity contribution >= 4 is 54.5 Å². The molecule has 1 unspecified atom stereocenters. The van der Waals surface area contributed by atoms with E-state index in [0.29, 0.717) is 5.25 Å². The van der Waals surface area contributed by atoms with Crippen LogP contribution < -0.4 is 5.32 Å². The molecule has 1 aliphatic heterocycles. The van der Waals surface area contributed by atoms with E-state index >= 15 is 0 Å². The summed E-state index contributed by atoms with van der Waals surface area (Å²) in [7, 11) is 0. The highest BCUT2D eigenvalue weighted by atomic mass is 79.9. The normalized spacial score (nSPS) is 19.7. The number of benzene rings is 1. The van der Waals surface area contributed by atoms with Crippen LogP contribution in [0.3, 0.4) is 0 Å². The van der Waals surface area contributed by atoms with E-state index in [9.17, 15) is 0 Å². The molecular weight excluding hydrogens is 352 g/mol. The standard InChI is InChI=1S/C11H12Br2N2S/c1-2-8-6-14-11(16-8)15-10-4-3-7(12)5-9(10)13/h3-5,8H,2,6H2,1H3,(H,14,15). The van der Waals surface area contributed by atoms with E-state index < -0.39 is 0 Å². The predicted octanol–water partition coefficient (Wildman–Crippen LogP) is 4.50. The fraction of sp³-hybridized carbons (Fsp3) is 0.364. The van der Waals surface area contributed by atoms with E-state index in [-0.39, 0.29) is 0 Å². The van der Waals surface area contributed by atoms with Crippen molar-refractivity contribution in [3.63, 3.8) is 0 Å². The molecule has 1 aliphatic rings. The zero-order chi connectivity index (χ0) is 11.5. The van der Waals surface area contributed by atoms with E-state index in [1.54, 1.807) is 0 Å². The highest BCUT2D eigenvalue weighted by molar-refractivity contribution is 9.11. The Morgan fingerprint density at radius 3 is 2.94 bits per heavy atom. The average molecular weight is 364 g/mol. The van der Waals surface area contributed by atoms with Gasteiger partial charge in [0.1, 0.15) is 0 Å². The van der Waals surface area contributed by atoms with E-state index in [1.165, 1.54) is 6.42 Å². The molecule has 0 aromatic heterocycles. The summed E-state index contributed by atoms with van der Waals surface area (Å²) in [6.07, 6.45) is 1.17. The lowest BCUT2D eigenvalue weighted by atomic mass is 10.3. The van der Waals surface area contributed by atoms with Gasteiger partial charge in [-0.2, -0.15) is 0 Å². The summed E-state index contributed by atoms with van der Waals surface area (Å²) in [5.74, 6) is 0. The Labute approximate surface area is 117 Å². The minimum atomic E-state index is 0.636. The molecule has 16 heavy (non-hydrogen) atoms. The van der Waals surface area contributed by atoms with Crippen molar-refractivity contribution in [2.24, 2.45) is 4.99 Å². The Hall–Kier alpha value is -0.000000000000000111. The second-order valence-corrected chi connectivity index (χ2v) is 6.60. The van der Waals surface area contributed by atoms with Gasteiger partial charge in [0, 0.05) is 14.2 Å². The van der Waals surface area contributed by atoms with Crippen LogP contribution in [0, 0.1) is 0 Å². The van der Waals surface area contributed by atoms with Crippen molar-refractivity contribution in [3.05, 3.63) is 27.1 Å². The largest absolute Gasteiger partial charge is 0.334 e. The minimum absolute atomic E-state index is 0.636. The highest BCUT2D eigenvalue weighted by Gasteiger charge is 2.18. The summed E-state index contributed by atoms with van der Waals surface area (Å²) in [6, 6.07) is 6.08. The molecule has 0 radical (unpaired) electrons. The number of nitrogens with one attached hydrogen (secondary N) is 1. The third kappa shape index (κ3) is 3.02. The first-order valence-corrected chi connectivity index (χ1v) is 7.58. The van der Waals surface area contributed by atoms with Crippen molar-refractivity contribution in [1.29, 1.82) is 0 Å². The van der Waals surface area contributed by atoms with Gasteiger partial charge >= 0.3 is 0 Å². The van der Waals surface area contributed by atoms with Crippen LogP contribution in [0.15, 0.2) is 32.1 Å². The maximum atomic E-state index is 4.48. The molecule has 0 saturated heterocycles. The molecule has 0 saturated carbocycles. The van der Waals surface area contributed by atoms with Crippen LogP contribution in [0.5, 0.6) is 0 Å². The topological polar surface area (TPSA) is 24.4 Å². The van der Waals surface area contributed by atoms with E-state index in [0.717, 1.165) is 26.3 Å². The van der Waals surface area contributed by atoms with Crippen molar-refractivity contribution in [3.8, 4) is 0 Å². The van der Waals surface area contributed by atoms with Gasteiger partial charge in [0.15, 0.2) is 5.17 Å². The quantitative estimate of drug-likeness (QED) is 0.836. The third-order valence-corrected chi connectivity index (χ3v) is 4.76. The number of amidine groups is 1. The Morgan fingerprint density at radius 1 is 1.50 bits per heavy atom. The lowest BCUT2D eigenvalue weighted by molar-refractivity contribution is 0.843. The summed E-state index contributed by atoms with van der Waals surface area (Å²) < 4.78 is 2.11. The van der Waals surface area contributed by atoms with Gasteiger partial charge < -0.3 is 5.32 Å². The van der Waals surface area contributed by atoms with Crippen LogP contribution >= 0.6 is 43.6 Å². The zero-order valence-corrected chi connectivity index (χ0v) is 12.8. The molecular formula is C11H12Br2N2S. The summed E-state index contributed by atoms with van der Waals surface area (Å²) >= 11 is 8.79. The number of rotatable bonds is 2. The molecule has 1 aromatic rings. The lowest BCUT2D eigenvalue weighted by Crippen LogP contribution is -2.07. The monoisotopic (exact) mass is 362 g/mol. The number of thioether (sulfide) groups is 1. The SMILES string of the molecule is CCC1CN=C(Nc2ccc(Br)cc2Br)S1. The Morgan fingerprint density at radius 2 is 2.31 bits per heavy atom. The Kier molecular flexibility index (Phi) is 4.33. The fourth-order valence-corrected chi connectivity index (χ4v) is 3.50. The van der Waals surface area contributed by atoms with Gasteiger partial charge in [-0.3, -0.25) is 4.99 Å². The molecule has 1 aromatic carbocycles. The predicted molar refractivity (Wildman–Crippen MR) is 79.4 cm³/mol. The van der Waals surface area contributed by atoms with Gasteiger partial charge in [-0.05, 0) is 40.5 Å². The van der Waals surface area contributed by atoms with Gasteiger partial charge in [0.05, 0.1) is 12.2 Å². The summed E-state index contributed by atoms with van der Waals surface area (Å²) in [4.78, 5) is 4.48. The summed E-state index contributed by atoms with van der Waals surface area (Å²) in [5, 5.41) is 5.00. The maximum Gasteiger partial charge on any atom is 0.161 e. The number of hydrogen-bond donors (Lipinski definition) is 1. The van der Waals surface area contributed by atoms with Crippen LogP contribution in [0.2, 0.25) is 0 Å². The number of halogens is 2. The molecule has 1 heterocycles. The van der Waals surface area contributed by atoms with Gasteiger partial charge in [-0.1, -0.05) is 34.6 Å². The number of aliphatic imine (C=N–C) groups is 1. The van der Waals surface area contributed by atoms with Crippen LogP contribution in [0.1, 0.15) is 13.3 Å². The first-order valence-electron chi connectivity index (χ1n) is 5.12. The first-order chi connectivity index (χ1) is 7.69. The number of hydrogen-bond acceptors (Lipinski definition) is 3. The molecule has 1 N–H and O–H groups in total. The average Bonchev–Trinajstić information content (AvgIpc) is 2.70. The van der Waals surface area contributed by atoms with Crippen LogP contribution in [-0.2, 0) is 0 Å². The lowest BCUT2D eigenvalue weighted by Gasteiger charge is -2.09. The van der Waals surface area contributed by atoms with Crippen molar-refractivity contribution < 1.29 is 0 Å². The summed E-state index contributed by atoms with van der Waals surface area (Å²) in [6.45, 7) is 3.13. The second kappa shape index (κ2) is 5.56. The van der Waals surface area contributed by atoms with Gasteiger partial charge in [0.25, 0.3) is 0 Å². The molecule has 86 valence electrons. The molecule has 5 heteroatoms. The maximum absolute atomic E-state index is 4.48. The van der Waals surface area contributed by atoms with Crippen LogP contribution in [0.4, 0.5) is 5.69 Å². The molecule has 0 spiro atoms. The molecule has 2 rings (SSSR count). The van der Waals surface area contributed by atoms with Crippen LogP contribution in [-0.4, -0.2) is 17.0 Å². The molecule has 1 atom stereocenters. The van der Waals surface area contributed by atoms with Crippen molar-refractivity contribution in [2.45, 2.75) is 18.6 Å². The second-order valence-electron chi connectivity index (χ2n) is 3.54. The smallest absolute Gasteiger partial charge is 0.161 e. The molecule has 0 amide bonds. The number of nitrogens with zero attached hydrogens (tertiary/aromatic N) is 1. The highest BCUT2D eigenvalue weighted by Crippen LogP contribution is 2.29. The fourth-order valence-electron chi connectivity index (χ4n) is 1.40. The van der Waals surface area contributed by atoms with Gasteiger partial charge in [0.2, 0.25) is 0 Å². The number of anilines is 1. The molecule has 0 bridgehead atoms. The minimum Gasteiger partial charge on any atom is -0.334 e. The zero-order valence-electron chi connectivity index (χ0n) is 8.84. The Bertz CT molecular complexity index is 420. The van der Waals surface area contributed by atoms with Gasteiger partial charge in [-0.25, -0.2) is 0 Å². The third-order valence-electron chi connectivity index (χ3n) is 2.34. The molecule has 0 aliphatic carbocycles. The van der Waals surface area contributed by atoms with Crippen molar-refractivity contribution in [2.75, 3.05) is 11.9 Å². The van der Waals surface area contributed by atoms with Gasteiger partial charge in [-0.15, -0.1) is 0 Å². The van der Waals surface area contributed by atoms with E-state index in [2.05, 4.69) is 49.1 Å². The van der Waals surface area contributed by atoms with Crippen LogP contribution in [0.25, 0.3) is 0 Å². The molecule has 0 fully saturated rings. The summed E-state index contributed by atoms with van der Waals surface area (Å²) in [5.41, 5.74) is 1.06. The Balaban J connectivity index is 2.05. The van der Waals surface area contributed by atoms with E-state index in [1.807, 2.05) is 30.0 Å².